The first-order valence-electron chi connectivity index (χ1n) is 14.2. The Morgan fingerprint density at radius 2 is 2.00 bits per heavy atom. The van der Waals surface area contributed by atoms with Gasteiger partial charge in [0.05, 0.1) is 18.0 Å². The molecule has 0 fully saturated rings. The third-order valence-electron chi connectivity index (χ3n) is 7.46. The van der Waals surface area contributed by atoms with Crippen LogP contribution >= 0.6 is 0 Å². The molecule has 0 aliphatic heterocycles. The summed E-state index contributed by atoms with van der Waals surface area (Å²) < 4.78 is 31.6. The quantitative estimate of drug-likeness (QED) is 0.177. The van der Waals surface area contributed by atoms with E-state index in [2.05, 4.69) is 46.0 Å². The smallest absolute Gasteiger partial charge is 0.180 e. The highest BCUT2D eigenvalue weighted by Gasteiger charge is 2.30. The molecule has 1 aliphatic rings. The molecule has 0 bridgehead atoms. The van der Waals surface area contributed by atoms with Gasteiger partial charge in [-0.05, 0) is 37.0 Å². The Morgan fingerprint density at radius 3 is 2.74 bits per heavy atom. The number of benzene rings is 1. The maximum Gasteiger partial charge on any atom is 0.180 e. The van der Waals surface area contributed by atoms with Gasteiger partial charge in [-0.15, -0.1) is 0 Å². The van der Waals surface area contributed by atoms with Crippen LogP contribution in [0.4, 0.5) is 20.3 Å². The van der Waals surface area contributed by atoms with Crippen LogP contribution in [0.2, 0.25) is 0 Å². The molecule has 5 N–H and O–H groups in total. The van der Waals surface area contributed by atoms with E-state index in [1.807, 2.05) is 31.2 Å². The summed E-state index contributed by atoms with van der Waals surface area (Å²) in [6.07, 6.45) is 8.23. The van der Waals surface area contributed by atoms with Gasteiger partial charge < -0.3 is 21.7 Å². The van der Waals surface area contributed by atoms with Gasteiger partial charge in [0, 0.05) is 72.1 Å². The van der Waals surface area contributed by atoms with E-state index in [0.717, 1.165) is 41.1 Å². The number of imidazole rings is 1. The molecule has 10 heteroatoms. The van der Waals surface area contributed by atoms with Crippen LogP contribution in [0.5, 0.6) is 0 Å². The molecular weight excluding hydrogens is 534 g/mol. The summed E-state index contributed by atoms with van der Waals surface area (Å²) in [5.74, 6) is -1.03. The van der Waals surface area contributed by atoms with E-state index in [1.54, 1.807) is 28.9 Å². The van der Waals surface area contributed by atoms with Gasteiger partial charge in [-0.2, -0.15) is 5.26 Å². The number of aromatic nitrogens is 3. The third kappa shape index (κ3) is 6.69. The van der Waals surface area contributed by atoms with Crippen molar-refractivity contribution >= 4 is 28.4 Å². The maximum absolute atomic E-state index is 15.1. The van der Waals surface area contributed by atoms with Crippen LogP contribution in [0.25, 0.3) is 16.9 Å². The zero-order valence-corrected chi connectivity index (χ0v) is 24.1. The Balaban J connectivity index is 1.48. The number of nitrogens with one attached hydrogen (secondary N) is 3. The average molecular weight is 573 g/mol. The normalized spacial score (nSPS) is 17.1. The number of nitrogens with two attached hydrogens (primary N) is 1. The Hall–Kier alpha value is -4.49. The van der Waals surface area contributed by atoms with Crippen LogP contribution < -0.4 is 21.7 Å². The van der Waals surface area contributed by atoms with Crippen molar-refractivity contribution < 1.29 is 8.78 Å². The van der Waals surface area contributed by atoms with Crippen molar-refractivity contribution in [3.05, 3.63) is 90.4 Å². The van der Waals surface area contributed by atoms with Gasteiger partial charge in [0.2, 0.25) is 0 Å². The van der Waals surface area contributed by atoms with Crippen LogP contribution in [0.3, 0.4) is 0 Å². The molecule has 2 aromatic heterocycles. The number of alkyl halides is 1. The van der Waals surface area contributed by atoms with Gasteiger partial charge in [0.25, 0.3) is 0 Å². The number of nitrogens with zero attached hydrogens (tertiary/aromatic N) is 4. The summed E-state index contributed by atoms with van der Waals surface area (Å²) in [5, 5.41) is 18.7. The number of allylic oxidation sites excluding steroid dienone is 4. The van der Waals surface area contributed by atoms with Gasteiger partial charge in [-0.1, -0.05) is 45.2 Å². The topological polar surface area (TPSA) is 116 Å². The lowest BCUT2D eigenvalue weighted by Crippen LogP contribution is -2.33. The van der Waals surface area contributed by atoms with E-state index < -0.39 is 17.9 Å². The SMILES string of the molecule is C=C(NCCNC(=C)C(N)CC)c1ccc(Nc2nccn3c(C4=C(F)C(F)C(CCC#N)C=C4)cnc23)cc1CC. The summed E-state index contributed by atoms with van der Waals surface area (Å²) >= 11 is 0. The van der Waals surface area contributed by atoms with Crippen molar-refractivity contribution in [2.75, 3.05) is 18.4 Å². The number of anilines is 2. The molecule has 3 unspecified atom stereocenters. The Labute approximate surface area is 245 Å². The fourth-order valence-corrected chi connectivity index (χ4v) is 4.93. The van der Waals surface area contributed by atoms with Gasteiger partial charge in [0.1, 0.15) is 5.83 Å². The van der Waals surface area contributed by atoms with E-state index in [0.29, 0.717) is 30.2 Å². The van der Waals surface area contributed by atoms with Crippen molar-refractivity contribution in [1.29, 1.82) is 5.26 Å². The molecular formula is C32H38F2N8. The van der Waals surface area contributed by atoms with Crippen LogP contribution in [0.15, 0.2) is 73.6 Å². The largest absolute Gasteiger partial charge is 0.386 e. The molecule has 0 amide bonds. The average Bonchev–Trinajstić information content (AvgIpc) is 3.44. The van der Waals surface area contributed by atoms with Crippen LogP contribution in [0, 0.1) is 17.2 Å². The van der Waals surface area contributed by atoms with Crippen molar-refractivity contribution in [2.45, 2.75) is 51.7 Å². The minimum absolute atomic E-state index is 0.0627. The molecule has 1 aromatic carbocycles. The van der Waals surface area contributed by atoms with E-state index in [4.69, 9.17) is 11.0 Å². The highest BCUT2D eigenvalue weighted by atomic mass is 19.2. The van der Waals surface area contributed by atoms with E-state index in [-0.39, 0.29) is 24.5 Å². The summed E-state index contributed by atoms with van der Waals surface area (Å²) in [5.41, 5.74) is 11.6. The first kappa shape index (κ1) is 30.5. The lowest BCUT2D eigenvalue weighted by Gasteiger charge is -2.21. The van der Waals surface area contributed by atoms with Gasteiger partial charge >= 0.3 is 0 Å². The number of hydrogen-bond donors (Lipinski definition) is 4. The molecule has 0 radical (unpaired) electrons. The second-order valence-electron chi connectivity index (χ2n) is 10.2. The van der Waals surface area contributed by atoms with Gasteiger partial charge in [-0.3, -0.25) is 4.40 Å². The fourth-order valence-electron chi connectivity index (χ4n) is 4.93. The van der Waals surface area contributed by atoms with E-state index in [1.165, 1.54) is 6.20 Å². The standard InChI is InChI=1S/C32H38F2N8/c1-5-22-18-24(10-12-25(22)20(3)37-14-15-38-21(4)27(36)6-2)41-31-32-40-19-28(42(32)17-16-39-31)26-11-9-23(8-7-13-35)29(33)30(26)34/h9-12,16-19,23,27,29,37-38H,3-8,14-15,36H2,1-2H3,(H,39,41). The predicted molar refractivity (Wildman–Crippen MR) is 165 cm³/mol. The first-order chi connectivity index (χ1) is 20.3. The lowest BCUT2D eigenvalue weighted by molar-refractivity contribution is 0.254. The molecule has 0 saturated carbocycles. The van der Waals surface area contributed by atoms with E-state index in [9.17, 15) is 4.39 Å². The zero-order valence-electron chi connectivity index (χ0n) is 24.1. The highest BCUT2D eigenvalue weighted by Crippen LogP contribution is 2.36. The number of aryl methyl sites for hydroxylation is 1. The molecule has 0 saturated heterocycles. The minimum Gasteiger partial charge on any atom is -0.386 e. The number of halogens is 2. The monoisotopic (exact) mass is 572 g/mol. The number of fused-ring (bicyclic) bond motifs is 1. The molecule has 4 rings (SSSR count). The summed E-state index contributed by atoms with van der Waals surface area (Å²) in [4.78, 5) is 8.93. The summed E-state index contributed by atoms with van der Waals surface area (Å²) in [6.45, 7) is 13.7. The van der Waals surface area contributed by atoms with Crippen LogP contribution in [-0.4, -0.2) is 39.7 Å². The van der Waals surface area contributed by atoms with Crippen LogP contribution in [0.1, 0.15) is 49.9 Å². The summed E-state index contributed by atoms with van der Waals surface area (Å²) in [7, 11) is 0. The first-order valence-corrected chi connectivity index (χ1v) is 14.2. The van der Waals surface area contributed by atoms with Crippen molar-refractivity contribution in [1.82, 2.24) is 25.0 Å². The van der Waals surface area contributed by atoms with Crippen molar-refractivity contribution in [3.63, 3.8) is 0 Å². The lowest BCUT2D eigenvalue weighted by atomic mass is 9.89. The predicted octanol–water partition coefficient (Wildman–Crippen LogP) is 5.94. The van der Waals surface area contributed by atoms with Gasteiger partial charge in [-0.25, -0.2) is 18.7 Å². The Morgan fingerprint density at radius 1 is 1.21 bits per heavy atom. The Bertz CT molecular complexity index is 1550. The number of hydrogen-bond acceptors (Lipinski definition) is 7. The molecule has 1 aliphatic carbocycles. The molecule has 0 spiro atoms. The zero-order chi connectivity index (χ0) is 30.2. The Kier molecular flexibility index (Phi) is 10.1. The summed E-state index contributed by atoms with van der Waals surface area (Å²) in [6, 6.07) is 7.91. The molecule has 2 heterocycles. The number of nitriles is 1. The maximum atomic E-state index is 15.1. The molecule has 42 heavy (non-hydrogen) atoms. The van der Waals surface area contributed by atoms with Gasteiger partial charge in [0.15, 0.2) is 17.6 Å². The third-order valence-corrected chi connectivity index (χ3v) is 7.46. The second kappa shape index (κ2) is 13.9. The van der Waals surface area contributed by atoms with Crippen LogP contribution in [-0.2, 0) is 6.42 Å². The minimum atomic E-state index is -1.80. The second-order valence-corrected chi connectivity index (χ2v) is 10.2. The van der Waals surface area contributed by atoms with Crippen molar-refractivity contribution in [3.8, 4) is 6.07 Å². The fraction of sp³-hybridized carbons (Fsp3) is 0.344. The number of rotatable bonds is 14. The van der Waals surface area contributed by atoms with Crippen molar-refractivity contribution in [2.24, 2.45) is 11.7 Å². The molecule has 8 nitrogen and oxygen atoms in total. The molecule has 220 valence electrons. The molecule has 3 aromatic rings. The highest BCUT2D eigenvalue weighted by molar-refractivity contribution is 5.80. The van der Waals surface area contributed by atoms with E-state index >= 15 is 4.39 Å². The molecule has 3 atom stereocenters.